The maximum Gasteiger partial charge on any atom is 0.169 e. The lowest BCUT2D eigenvalue weighted by atomic mass is 9.90. The standard InChI is InChI=1S/C39H46N8O2S/c1-27-38(50-26-42-27)29-12-13-30(24-40)35(22-29)47(31-6-4-7-31)16-5-21-49-32-14-10-28(11-15-32)25-45-17-19-46(20-18-45)36-23-34(43-44-39(36)41)33-8-2-3-9-37(33)48/h2-3,8-15,22-23,26,31,48H,4-7,16-21,24-25,40H2,1H3,(H2,41,44). The Balaban J connectivity index is 0.906. The van der Waals surface area contributed by atoms with Gasteiger partial charge < -0.3 is 31.1 Å². The molecule has 0 radical (unpaired) electrons. The molecular weight excluding hydrogens is 645 g/mol. The third-order valence-corrected chi connectivity index (χ3v) is 11.0. The maximum atomic E-state index is 10.3. The molecule has 0 amide bonds. The molecule has 0 spiro atoms. The first kappa shape index (κ1) is 33.8. The molecule has 3 heterocycles. The third kappa shape index (κ3) is 7.55. The topological polar surface area (TPSA) is 130 Å². The second-order valence-electron chi connectivity index (χ2n) is 13.2. The fourth-order valence-electron chi connectivity index (χ4n) is 6.91. The molecule has 5 aromatic rings. The number of para-hydroxylation sites is 1. The number of ether oxygens (including phenoxy) is 1. The second-order valence-corrected chi connectivity index (χ2v) is 14.1. The molecule has 1 saturated carbocycles. The Bertz CT molecular complexity index is 1890. The van der Waals surface area contributed by atoms with Crippen molar-refractivity contribution >= 4 is 28.5 Å². The summed E-state index contributed by atoms with van der Waals surface area (Å²) >= 11 is 1.69. The molecule has 3 aromatic carbocycles. The van der Waals surface area contributed by atoms with Gasteiger partial charge in [-0.05, 0) is 85.7 Å². The van der Waals surface area contributed by atoms with Gasteiger partial charge in [-0.1, -0.05) is 36.4 Å². The lowest BCUT2D eigenvalue weighted by Gasteiger charge is -2.40. The molecular formula is C39H46N8O2S. The zero-order valence-corrected chi connectivity index (χ0v) is 29.5. The van der Waals surface area contributed by atoms with Gasteiger partial charge >= 0.3 is 0 Å². The van der Waals surface area contributed by atoms with Gasteiger partial charge in [0.2, 0.25) is 0 Å². The highest BCUT2D eigenvalue weighted by Gasteiger charge is 2.27. The van der Waals surface area contributed by atoms with Crippen LogP contribution in [-0.2, 0) is 13.1 Å². The van der Waals surface area contributed by atoms with Gasteiger partial charge in [-0.25, -0.2) is 4.98 Å². The van der Waals surface area contributed by atoms with Gasteiger partial charge in [0.25, 0.3) is 0 Å². The SMILES string of the molecule is Cc1ncsc1-c1ccc(CN)c(N(CCCOc2ccc(CN3CCN(c4cc(-c5ccccc5O)nnc4N)CC3)cc2)C2CCC2)c1. The van der Waals surface area contributed by atoms with Crippen LogP contribution in [0.4, 0.5) is 17.2 Å². The van der Waals surface area contributed by atoms with E-state index in [-0.39, 0.29) is 5.75 Å². The van der Waals surface area contributed by atoms with Crippen LogP contribution in [0.25, 0.3) is 21.7 Å². The van der Waals surface area contributed by atoms with Gasteiger partial charge in [-0.2, -0.15) is 0 Å². The van der Waals surface area contributed by atoms with Crippen LogP contribution in [-0.4, -0.2) is 70.6 Å². The number of nitrogen functional groups attached to an aromatic ring is 1. The van der Waals surface area contributed by atoms with Gasteiger partial charge in [0.15, 0.2) is 5.82 Å². The van der Waals surface area contributed by atoms with Crippen LogP contribution in [0.15, 0.2) is 78.3 Å². The number of anilines is 3. The predicted octanol–water partition coefficient (Wildman–Crippen LogP) is 6.47. The average molecular weight is 691 g/mol. The van der Waals surface area contributed by atoms with Crippen molar-refractivity contribution in [3.63, 3.8) is 0 Å². The van der Waals surface area contributed by atoms with E-state index in [0.29, 0.717) is 36.3 Å². The van der Waals surface area contributed by atoms with Gasteiger partial charge in [-0.3, -0.25) is 4.90 Å². The van der Waals surface area contributed by atoms with Crippen molar-refractivity contribution < 1.29 is 9.84 Å². The van der Waals surface area contributed by atoms with Gasteiger partial charge in [-0.15, -0.1) is 21.5 Å². The van der Waals surface area contributed by atoms with Crippen LogP contribution in [0.5, 0.6) is 11.5 Å². The van der Waals surface area contributed by atoms with Crippen LogP contribution in [0.1, 0.15) is 42.5 Å². The number of aromatic hydroxyl groups is 1. The van der Waals surface area contributed by atoms with E-state index in [2.05, 4.69) is 79.3 Å². The smallest absolute Gasteiger partial charge is 0.169 e. The molecule has 5 N–H and O–H groups in total. The highest BCUT2D eigenvalue weighted by molar-refractivity contribution is 7.13. The summed E-state index contributed by atoms with van der Waals surface area (Å²) in [4.78, 5) is 13.0. The monoisotopic (exact) mass is 690 g/mol. The molecule has 1 aliphatic heterocycles. The minimum atomic E-state index is 0.177. The molecule has 0 bridgehead atoms. The van der Waals surface area contributed by atoms with E-state index in [1.807, 2.05) is 23.7 Å². The van der Waals surface area contributed by atoms with Crippen LogP contribution >= 0.6 is 11.3 Å². The van der Waals surface area contributed by atoms with Crippen molar-refractivity contribution in [3.8, 4) is 33.2 Å². The molecule has 7 rings (SSSR count). The number of aromatic nitrogens is 3. The largest absolute Gasteiger partial charge is 0.507 e. The van der Waals surface area contributed by atoms with E-state index in [4.69, 9.17) is 16.2 Å². The van der Waals surface area contributed by atoms with Crippen molar-refractivity contribution in [2.45, 2.75) is 51.7 Å². The summed E-state index contributed by atoms with van der Waals surface area (Å²) in [6.45, 7) is 8.54. The number of phenolic OH excluding ortho intramolecular Hbond substituents is 1. The fourth-order valence-corrected chi connectivity index (χ4v) is 7.71. The van der Waals surface area contributed by atoms with Crippen LogP contribution < -0.4 is 26.0 Å². The van der Waals surface area contributed by atoms with Gasteiger partial charge in [0.1, 0.15) is 11.5 Å². The number of hydrogen-bond donors (Lipinski definition) is 3. The van der Waals surface area contributed by atoms with Crippen molar-refractivity contribution in [3.05, 3.63) is 95.1 Å². The molecule has 10 nitrogen and oxygen atoms in total. The summed E-state index contributed by atoms with van der Waals surface area (Å²) in [6, 6.07) is 24.9. The Morgan fingerprint density at radius 3 is 2.48 bits per heavy atom. The molecule has 0 unspecified atom stereocenters. The van der Waals surface area contributed by atoms with Gasteiger partial charge in [0.05, 0.1) is 34.1 Å². The van der Waals surface area contributed by atoms with Crippen molar-refractivity contribution in [1.29, 1.82) is 0 Å². The summed E-state index contributed by atoms with van der Waals surface area (Å²) < 4.78 is 6.23. The Kier molecular flexibility index (Phi) is 10.4. The van der Waals surface area contributed by atoms with Crippen LogP contribution in [0.2, 0.25) is 0 Å². The molecule has 2 fully saturated rings. The summed E-state index contributed by atoms with van der Waals surface area (Å²) in [5.41, 5.74) is 22.5. The van der Waals surface area contributed by atoms with E-state index in [1.165, 1.54) is 46.5 Å². The number of benzene rings is 3. The van der Waals surface area contributed by atoms with E-state index < -0.39 is 0 Å². The number of nitrogens with zero attached hydrogens (tertiary/aromatic N) is 6. The van der Waals surface area contributed by atoms with Crippen LogP contribution in [0.3, 0.4) is 0 Å². The normalized spacial score (nSPS) is 15.2. The number of phenols is 1. The second kappa shape index (κ2) is 15.5. The lowest BCUT2D eigenvalue weighted by Crippen LogP contribution is -2.46. The third-order valence-electron chi connectivity index (χ3n) is 9.97. The molecule has 0 atom stereocenters. The Morgan fingerprint density at radius 2 is 1.78 bits per heavy atom. The molecule has 11 heteroatoms. The van der Waals surface area contributed by atoms with Crippen molar-refractivity contribution in [1.82, 2.24) is 20.1 Å². The number of piperazine rings is 1. The molecule has 50 heavy (non-hydrogen) atoms. The average Bonchev–Trinajstić information content (AvgIpc) is 3.55. The van der Waals surface area contributed by atoms with E-state index in [9.17, 15) is 5.11 Å². The highest BCUT2D eigenvalue weighted by atomic mass is 32.1. The highest BCUT2D eigenvalue weighted by Crippen LogP contribution is 2.37. The minimum absolute atomic E-state index is 0.177. The van der Waals surface area contributed by atoms with Crippen LogP contribution in [0, 0.1) is 6.92 Å². The van der Waals surface area contributed by atoms with Crippen molar-refractivity contribution in [2.75, 3.05) is 54.9 Å². The molecule has 1 saturated heterocycles. The Morgan fingerprint density at radius 1 is 0.980 bits per heavy atom. The maximum absolute atomic E-state index is 10.3. The fraction of sp³-hybridized carbons (Fsp3) is 0.359. The first-order chi connectivity index (χ1) is 24.5. The molecule has 2 aliphatic rings. The van der Waals surface area contributed by atoms with Crippen molar-refractivity contribution in [2.24, 2.45) is 5.73 Å². The minimum Gasteiger partial charge on any atom is -0.507 e. The summed E-state index contributed by atoms with van der Waals surface area (Å²) in [5.74, 6) is 1.48. The first-order valence-corrected chi connectivity index (χ1v) is 18.5. The summed E-state index contributed by atoms with van der Waals surface area (Å²) in [7, 11) is 0. The number of rotatable bonds is 13. The predicted molar refractivity (Wildman–Crippen MR) is 203 cm³/mol. The number of aryl methyl sites for hydroxylation is 1. The van der Waals surface area contributed by atoms with E-state index >= 15 is 0 Å². The number of thiazole rings is 1. The first-order valence-electron chi connectivity index (χ1n) is 17.6. The molecule has 2 aromatic heterocycles. The summed E-state index contributed by atoms with van der Waals surface area (Å²) in [6.07, 6.45) is 4.66. The lowest BCUT2D eigenvalue weighted by molar-refractivity contribution is 0.249. The number of hydrogen-bond acceptors (Lipinski definition) is 11. The Hall–Kier alpha value is -4.71. The zero-order chi connectivity index (χ0) is 34.5. The summed E-state index contributed by atoms with van der Waals surface area (Å²) in [5, 5.41) is 18.7. The molecule has 260 valence electrons. The molecule has 1 aliphatic carbocycles. The zero-order valence-electron chi connectivity index (χ0n) is 28.7. The van der Waals surface area contributed by atoms with Gasteiger partial charge in [0, 0.05) is 63.1 Å². The van der Waals surface area contributed by atoms with E-state index in [1.54, 1.807) is 23.5 Å². The number of nitrogens with two attached hydrogens (primary N) is 2. The Labute approximate surface area is 298 Å². The quantitative estimate of drug-likeness (QED) is 0.118. The van der Waals surface area contributed by atoms with E-state index in [0.717, 1.165) is 62.8 Å².